The van der Waals surface area contributed by atoms with Crippen LogP contribution in [0.25, 0.3) is 0 Å². The minimum atomic E-state index is 0.181. The van der Waals surface area contributed by atoms with Gasteiger partial charge >= 0.3 is 0 Å². The van der Waals surface area contributed by atoms with Crippen molar-refractivity contribution in [3.05, 3.63) is 29.8 Å². The summed E-state index contributed by atoms with van der Waals surface area (Å²) in [4.78, 5) is 1.34. The van der Waals surface area contributed by atoms with Gasteiger partial charge in [-0.25, -0.2) is 0 Å². The first-order chi connectivity index (χ1) is 7.94. The number of hydrogen-bond acceptors (Lipinski definition) is 2. The fourth-order valence-electron chi connectivity index (χ4n) is 1.79. The number of nitrogens with two attached hydrogens (primary N) is 1. The molecule has 2 N–H and O–H groups in total. The van der Waals surface area contributed by atoms with E-state index in [0.29, 0.717) is 0 Å². The molecule has 1 aromatic carbocycles. The molecular weight excluding hydrogens is 226 g/mol. The van der Waals surface area contributed by atoms with Gasteiger partial charge in [0.25, 0.3) is 0 Å². The number of benzene rings is 1. The highest BCUT2D eigenvalue weighted by molar-refractivity contribution is 8.00. The van der Waals surface area contributed by atoms with Gasteiger partial charge in [0.1, 0.15) is 0 Å². The highest BCUT2D eigenvalue weighted by Gasteiger charge is 2.17. The predicted octanol–water partition coefficient (Wildman–Crippen LogP) is 4.77. The van der Waals surface area contributed by atoms with Crippen molar-refractivity contribution in [1.82, 2.24) is 0 Å². The molecule has 0 saturated heterocycles. The summed E-state index contributed by atoms with van der Waals surface area (Å²) < 4.78 is 0.237. The molecule has 96 valence electrons. The minimum Gasteiger partial charge on any atom is -0.324 e. The molecule has 0 aliphatic heterocycles. The van der Waals surface area contributed by atoms with Gasteiger partial charge in [0, 0.05) is 15.7 Å². The second-order valence-corrected chi connectivity index (χ2v) is 7.37. The van der Waals surface area contributed by atoms with Gasteiger partial charge in [-0.05, 0) is 18.1 Å². The van der Waals surface area contributed by atoms with Gasteiger partial charge in [-0.2, -0.15) is 0 Å². The smallest absolute Gasteiger partial charge is 0.0306 e. The van der Waals surface area contributed by atoms with Crippen LogP contribution in [0.15, 0.2) is 29.2 Å². The Hall–Kier alpha value is -0.470. The van der Waals surface area contributed by atoms with E-state index in [9.17, 15) is 0 Å². The molecule has 0 spiro atoms. The maximum absolute atomic E-state index is 6.29. The van der Waals surface area contributed by atoms with E-state index in [4.69, 9.17) is 5.73 Å². The zero-order valence-corrected chi connectivity index (χ0v) is 12.3. The molecule has 0 amide bonds. The van der Waals surface area contributed by atoms with Gasteiger partial charge in [0.2, 0.25) is 0 Å². The molecule has 0 saturated carbocycles. The van der Waals surface area contributed by atoms with Crippen molar-refractivity contribution in [2.75, 3.05) is 0 Å². The van der Waals surface area contributed by atoms with E-state index >= 15 is 0 Å². The summed E-state index contributed by atoms with van der Waals surface area (Å²) in [5.74, 6) is 0. The van der Waals surface area contributed by atoms with Crippen LogP contribution in [-0.2, 0) is 0 Å². The van der Waals surface area contributed by atoms with Crippen molar-refractivity contribution in [2.45, 2.75) is 62.6 Å². The Bertz CT molecular complexity index is 341. The lowest BCUT2D eigenvalue weighted by molar-refractivity contribution is 0.596. The van der Waals surface area contributed by atoms with Crippen LogP contribution >= 0.6 is 11.8 Å². The van der Waals surface area contributed by atoms with Crippen molar-refractivity contribution < 1.29 is 0 Å². The third-order valence-electron chi connectivity index (χ3n) is 2.60. The first kappa shape index (κ1) is 14.6. The Labute approximate surface area is 110 Å². The SMILES string of the molecule is CCCC[C@H](N)c1ccccc1SC(C)(C)C. The molecule has 1 atom stereocenters. The van der Waals surface area contributed by atoms with Crippen molar-refractivity contribution in [1.29, 1.82) is 0 Å². The maximum Gasteiger partial charge on any atom is 0.0306 e. The first-order valence-corrected chi connectivity index (χ1v) is 7.29. The topological polar surface area (TPSA) is 26.0 Å². The van der Waals surface area contributed by atoms with Gasteiger partial charge < -0.3 is 5.73 Å². The second kappa shape index (κ2) is 6.46. The normalized spacial score (nSPS) is 13.7. The summed E-state index contributed by atoms with van der Waals surface area (Å²) in [5, 5.41) is 0. The summed E-state index contributed by atoms with van der Waals surface area (Å²) in [6, 6.07) is 8.74. The number of thioether (sulfide) groups is 1. The third kappa shape index (κ3) is 5.13. The molecule has 1 rings (SSSR count). The summed E-state index contributed by atoms with van der Waals surface area (Å²) in [6.45, 7) is 8.94. The van der Waals surface area contributed by atoms with E-state index in [0.717, 1.165) is 6.42 Å². The number of rotatable bonds is 5. The molecule has 0 unspecified atom stereocenters. The Balaban J connectivity index is 2.83. The summed E-state index contributed by atoms with van der Waals surface area (Å²) in [6.07, 6.45) is 3.50. The van der Waals surface area contributed by atoms with Gasteiger partial charge in [-0.3, -0.25) is 0 Å². The Morgan fingerprint density at radius 3 is 2.47 bits per heavy atom. The zero-order chi connectivity index (χ0) is 12.9. The van der Waals surface area contributed by atoms with Gasteiger partial charge in [0.05, 0.1) is 0 Å². The lowest BCUT2D eigenvalue weighted by Crippen LogP contribution is -2.13. The lowest BCUT2D eigenvalue weighted by Gasteiger charge is -2.22. The highest BCUT2D eigenvalue weighted by atomic mass is 32.2. The van der Waals surface area contributed by atoms with Crippen LogP contribution < -0.4 is 5.73 Å². The maximum atomic E-state index is 6.29. The first-order valence-electron chi connectivity index (χ1n) is 6.47. The van der Waals surface area contributed by atoms with Gasteiger partial charge in [-0.1, -0.05) is 58.7 Å². The largest absolute Gasteiger partial charge is 0.324 e. The average Bonchev–Trinajstić information content (AvgIpc) is 2.24. The van der Waals surface area contributed by atoms with E-state index in [1.165, 1.54) is 23.3 Å². The Morgan fingerprint density at radius 2 is 1.88 bits per heavy atom. The van der Waals surface area contributed by atoms with Crippen LogP contribution in [-0.4, -0.2) is 4.75 Å². The minimum absolute atomic E-state index is 0.181. The summed E-state index contributed by atoms with van der Waals surface area (Å²) in [7, 11) is 0. The van der Waals surface area contributed by atoms with E-state index in [1.54, 1.807) is 0 Å². The molecule has 0 aliphatic rings. The molecule has 2 heteroatoms. The van der Waals surface area contributed by atoms with E-state index in [2.05, 4.69) is 52.0 Å². The Morgan fingerprint density at radius 1 is 1.24 bits per heavy atom. The van der Waals surface area contributed by atoms with Crippen LogP contribution in [0.3, 0.4) is 0 Å². The lowest BCUT2D eigenvalue weighted by atomic mass is 10.0. The molecule has 1 nitrogen and oxygen atoms in total. The van der Waals surface area contributed by atoms with Crippen LogP contribution in [0, 0.1) is 0 Å². The van der Waals surface area contributed by atoms with Crippen molar-refractivity contribution in [3.8, 4) is 0 Å². The molecule has 0 fully saturated rings. The van der Waals surface area contributed by atoms with E-state index in [1.807, 2.05) is 11.8 Å². The number of unbranched alkanes of at least 4 members (excludes halogenated alkanes) is 1. The van der Waals surface area contributed by atoms with E-state index < -0.39 is 0 Å². The fraction of sp³-hybridized carbons (Fsp3) is 0.600. The Kier molecular flexibility index (Phi) is 5.54. The summed E-state index contributed by atoms with van der Waals surface area (Å²) >= 11 is 1.91. The molecule has 1 aromatic rings. The van der Waals surface area contributed by atoms with Crippen LogP contribution in [0.4, 0.5) is 0 Å². The molecule has 0 aromatic heterocycles. The molecular formula is C15H25NS. The summed E-state index contributed by atoms with van der Waals surface area (Å²) in [5.41, 5.74) is 7.59. The predicted molar refractivity (Wildman–Crippen MR) is 78.5 cm³/mol. The molecule has 0 bridgehead atoms. The van der Waals surface area contributed by atoms with Crippen molar-refractivity contribution in [3.63, 3.8) is 0 Å². The van der Waals surface area contributed by atoms with Gasteiger partial charge in [-0.15, -0.1) is 11.8 Å². The monoisotopic (exact) mass is 251 g/mol. The molecule has 0 aliphatic carbocycles. The fourth-order valence-corrected chi connectivity index (χ4v) is 2.93. The van der Waals surface area contributed by atoms with Crippen LogP contribution in [0.5, 0.6) is 0 Å². The third-order valence-corrected chi connectivity index (χ3v) is 3.81. The average molecular weight is 251 g/mol. The molecule has 0 radical (unpaired) electrons. The molecule has 0 heterocycles. The number of hydrogen-bond donors (Lipinski definition) is 1. The molecule has 17 heavy (non-hydrogen) atoms. The van der Waals surface area contributed by atoms with Crippen molar-refractivity contribution >= 4 is 11.8 Å². The van der Waals surface area contributed by atoms with Crippen LogP contribution in [0.2, 0.25) is 0 Å². The van der Waals surface area contributed by atoms with E-state index in [-0.39, 0.29) is 10.8 Å². The van der Waals surface area contributed by atoms with Gasteiger partial charge in [0.15, 0.2) is 0 Å². The highest BCUT2D eigenvalue weighted by Crippen LogP contribution is 2.36. The quantitative estimate of drug-likeness (QED) is 0.763. The zero-order valence-electron chi connectivity index (χ0n) is 11.5. The van der Waals surface area contributed by atoms with Crippen LogP contribution in [0.1, 0.15) is 58.6 Å². The standard InChI is InChI=1S/C15H25NS/c1-5-6-10-13(16)12-9-7-8-11-14(12)17-15(2,3)4/h7-9,11,13H,5-6,10,16H2,1-4H3/t13-/m0/s1. The van der Waals surface area contributed by atoms with Crippen molar-refractivity contribution in [2.24, 2.45) is 5.73 Å². The second-order valence-electron chi connectivity index (χ2n) is 5.50.